The molecule has 0 spiro atoms. The SMILES string of the molecule is CC/C=C\C/C=C\C/C=C\C/C=C\CCCCCCC(=O)NC(COC1OC(CO)C(O)C(O)C1O)C(O)/C=C/CCCC. The third kappa shape index (κ3) is 18.0. The van der Waals surface area contributed by atoms with E-state index in [1.165, 1.54) is 0 Å². The van der Waals surface area contributed by atoms with Gasteiger partial charge in [-0.1, -0.05) is 100 Å². The van der Waals surface area contributed by atoms with E-state index in [2.05, 4.69) is 67.8 Å². The molecule has 7 atom stereocenters. The van der Waals surface area contributed by atoms with Crippen molar-refractivity contribution < 1.29 is 39.8 Å². The molecule has 1 amide bonds. The highest BCUT2D eigenvalue weighted by Crippen LogP contribution is 2.22. The summed E-state index contributed by atoms with van der Waals surface area (Å²) in [6.45, 7) is 3.43. The van der Waals surface area contributed by atoms with Gasteiger partial charge in [0.15, 0.2) is 6.29 Å². The van der Waals surface area contributed by atoms with E-state index in [0.717, 1.165) is 77.0 Å². The van der Waals surface area contributed by atoms with Crippen molar-refractivity contribution in [2.75, 3.05) is 13.2 Å². The molecule has 0 radical (unpaired) electrons. The number of hydrogen-bond acceptors (Lipinski definition) is 8. The predicted molar refractivity (Wildman–Crippen MR) is 175 cm³/mol. The highest BCUT2D eigenvalue weighted by Gasteiger charge is 2.44. The van der Waals surface area contributed by atoms with Crippen molar-refractivity contribution >= 4 is 5.91 Å². The van der Waals surface area contributed by atoms with E-state index in [1.54, 1.807) is 6.08 Å². The van der Waals surface area contributed by atoms with Gasteiger partial charge in [0, 0.05) is 6.42 Å². The van der Waals surface area contributed by atoms with E-state index in [4.69, 9.17) is 9.47 Å². The molecular formula is C35H59NO8. The van der Waals surface area contributed by atoms with E-state index in [1.807, 2.05) is 6.08 Å². The molecule has 252 valence electrons. The van der Waals surface area contributed by atoms with Crippen LogP contribution < -0.4 is 5.32 Å². The van der Waals surface area contributed by atoms with Crippen molar-refractivity contribution in [3.05, 3.63) is 60.8 Å². The van der Waals surface area contributed by atoms with E-state index in [9.17, 15) is 30.3 Å². The number of aliphatic hydroxyl groups excluding tert-OH is 5. The van der Waals surface area contributed by atoms with Gasteiger partial charge in [0.25, 0.3) is 0 Å². The van der Waals surface area contributed by atoms with Gasteiger partial charge in [0.05, 0.1) is 25.4 Å². The molecule has 6 N–H and O–H groups in total. The zero-order valence-corrected chi connectivity index (χ0v) is 26.9. The van der Waals surface area contributed by atoms with Crippen molar-refractivity contribution in [3.63, 3.8) is 0 Å². The third-order valence-corrected chi connectivity index (χ3v) is 7.35. The lowest BCUT2D eigenvalue weighted by atomic mass is 9.99. The fraction of sp³-hybridized carbons (Fsp3) is 0.686. The molecular weight excluding hydrogens is 562 g/mol. The molecule has 7 unspecified atom stereocenters. The number of hydrogen-bond donors (Lipinski definition) is 6. The highest BCUT2D eigenvalue weighted by atomic mass is 16.7. The van der Waals surface area contributed by atoms with Gasteiger partial charge in [-0.25, -0.2) is 0 Å². The Bertz CT molecular complexity index is 869. The fourth-order valence-electron chi connectivity index (χ4n) is 4.60. The van der Waals surface area contributed by atoms with Crippen LogP contribution in [-0.4, -0.2) is 87.5 Å². The first-order valence-electron chi connectivity index (χ1n) is 16.5. The normalized spacial score (nSPS) is 24.4. The zero-order chi connectivity index (χ0) is 32.4. The molecule has 0 bridgehead atoms. The van der Waals surface area contributed by atoms with Gasteiger partial charge in [-0.15, -0.1) is 0 Å². The van der Waals surface area contributed by atoms with Gasteiger partial charge in [-0.2, -0.15) is 0 Å². The van der Waals surface area contributed by atoms with Crippen molar-refractivity contribution in [1.29, 1.82) is 0 Å². The molecule has 1 rings (SSSR count). The van der Waals surface area contributed by atoms with Crippen LogP contribution in [0.3, 0.4) is 0 Å². The smallest absolute Gasteiger partial charge is 0.220 e. The van der Waals surface area contributed by atoms with Crippen molar-refractivity contribution in [3.8, 4) is 0 Å². The third-order valence-electron chi connectivity index (χ3n) is 7.35. The van der Waals surface area contributed by atoms with Crippen LogP contribution >= 0.6 is 0 Å². The van der Waals surface area contributed by atoms with Gasteiger partial charge in [-0.3, -0.25) is 4.79 Å². The van der Waals surface area contributed by atoms with Crippen molar-refractivity contribution in [1.82, 2.24) is 5.32 Å². The lowest BCUT2D eigenvalue weighted by Gasteiger charge is -2.40. The monoisotopic (exact) mass is 621 g/mol. The summed E-state index contributed by atoms with van der Waals surface area (Å²) < 4.78 is 11.0. The van der Waals surface area contributed by atoms with Crippen LogP contribution in [0.1, 0.15) is 97.3 Å². The summed E-state index contributed by atoms with van der Waals surface area (Å²) in [5.74, 6) is -0.215. The second-order valence-corrected chi connectivity index (χ2v) is 11.2. The van der Waals surface area contributed by atoms with E-state index in [0.29, 0.717) is 6.42 Å². The maximum atomic E-state index is 12.7. The first-order valence-corrected chi connectivity index (χ1v) is 16.5. The number of rotatable bonds is 24. The van der Waals surface area contributed by atoms with E-state index in [-0.39, 0.29) is 12.5 Å². The fourth-order valence-corrected chi connectivity index (χ4v) is 4.60. The van der Waals surface area contributed by atoms with Gasteiger partial charge in [0.1, 0.15) is 24.4 Å². The molecule has 1 fully saturated rings. The van der Waals surface area contributed by atoms with Gasteiger partial charge < -0.3 is 40.3 Å². The van der Waals surface area contributed by atoms with Crippen molar-refractivity contribution in [2.24, 2.45) is 0 Å². The van der Waals surface area contributed by atoms with Crippen molar-refractivity contribution in [2.45, 2.75) is 140 Å². The quantitative estimate of drug-likeness (QED) is 0.0680. The Morgan fingerprint density at radius 3 is 2.05 bits per heavy atom. The standard InChI is InChI=1S/C35H59NO8/c1-3-5-7-9-10-11-12-13-14-15-16-17-18-19-20-21-23-25-31(39)36-28(29(38)24-22-8-6-4-2)27-43-35-34(42)33(41)32(40)30(26-37)44-35/h5,7,10-11,13-14,16-17,22,24,28-30,32-35,37-38,40-42H,3-4,6,8-9,12,15,18-21,23,25-27H2,1-2H3,(H,36,39)/b7-5-,11-10-,14-13-,17-16-,24-22+. The van der Waals surface area contributed by atoms with Gasteiger partial charge in [0.2, 0.25) is 5.91 Å². The minimum Gasteiger partial charge on any atom is -0.394 e. The van der Waals surface area contributed by atoms with Crippen LogP contribution in [0.25, 0.3) is 0 Å². The number of aliphatic hydroxyl groups is 5. The molecule has 9 heteroatoms. The summed E-state index contributed by atoms with van der Waals surface area (Å²) in [6.07, 6.45) is 24.7. The number of carbonyl (C=O) groups excluding carboxylic acids is 1. The Morgan fingerprint density at radius 1 is 0.795 bits per heavy atom. The number of nitrogens with one attached hydrogen (secondary N) is 1. The van der Waals surface area contributed by atoms with E-state index < -0.39 is 49.5 Å². The lowest BCUT2D eigenvalue weighted by Crippen LogP contribution is -2.60. The molecule has 9 nitrogen and oxygen atoms in total. The predicted octanol–water partition coefficient (Wildman–Crippen LogP) is 4.54. The minimum absolute atomic E-state index is 0.206. The topological polar surface area (TPSA) is 149 Å². The first kappa shape index (κ1) is 39.9. The summed E-state index contributed by atoms with van der Waals surface area (Å²) in [4.78, 5) is 12.7. The summed E-state index contributed by atoms with van der Waals surface area (Å²) in [5.41, 5.74) is 0. The average Bonchev–Trinajstić information content (AvgIpc) is 3.02. The molecule has 1 heterocycles. The average molecular weight is 622 g/mol. The second kappa shape index (κ2) is 26.1. The number of carbonyl (C=O) groups is 1. The highest BCUT2D eigenvalue weighted by molar-refractivity contribution is 5.76. The Kier molecular flexibility index (Phi) is 23.7. The molecule has 1 aliphatic heterocycles. The van der Waals surface area contributed by atoms with Gasteiger partial charge in [-0.05, 0) is 51.4 Å². The summed E-state index contributed by atoms with van der Waals surface area (Å²) >= 11 is 0. The van der Waals surface area contributed by atoms with Crippen LogP contribution in [0.2, 0.25) is 0 Å². The van der Waals surface area contributed by atoms with Crippen LogP contribution in [0.4, 0.5) is 0 Å². The molecule has 1 aliphatic rings. The lowest BCUT2D eigenvalue weighted by molar-refractivity contribution is -0.302. The first-order chi connectivity index (χ1) is 21.3. The minimum atomic E-state index is -1.57. The van der Waals surface area contributed by atoms with Gasteiger partial charge >= 0.3 is 0 Å². The maximum Gasteiger partial charge on any atom is 0.220 e. The van der Waals surface area contributed by atoms with Crippen LogP contribution in [0.5, 0.6) is 0 Å². The second-order valence-electron chi connectivity index (χ2n) is 11.2. The maximum absolute atomic E-state index is 12.7. The summed E-state index contributed by atoms with van der Waals surface area (Å²) in [5, 5.41) is 53.2. The van der Waals surface area contributed by atoms with Crippen LogP contribution in [0.15, 0.2) is 60.8 Å². The molecule has 0 saturated carbocycles. The molecule has 0 aromatic rings. The van der Waals surface area contributed by atoms with Crippen LogP contribution in [0, 0.1) is 0 Å². The summed E-state index contributed by atoms with van der Waals surface area (Å²) in [6, 6.07) is -0.814. The largest absolute Gasteiger partial charge is 0.394 e. The Morgan fingerprint density at radius 2 is 1.41 bits per heavy atom. The number of ether oxygens (including phenoxy) is 2. The zero-order valence-electron chi connectivity index (χ0n) is 26.9. The number of allylic oxidation sites excluding steroid dienone is 9. The molecule has 0 aromatic heterocycles. The summed E-state index contributed by atoms with van der Waals surface area (Å²) in [7, 11) is 0. The molecule has 1 saturated heterocycles. The number of unbranched alkanes of at least 4 members (excludes halogenated alkanes) is 6. The molecule has 44 heavy (non-hydrogen) atoms. The Labute approximate surface area is 265 Å². The molecule has 0 aliphatic carbocycles. The Balaban J connectivity index is 2.38. The van der Waals surface area contributed by atoms with Crippen LogP contribution in [-0.2, 0) is 14.3 Å². The number of amides is 1. The van der Waals surface area contributed by atoms with E-state index >= 15 is 0 Å². The Hall–Kier alpha value is -2.11. The molecule has 0 aromatic carbocycles.